The summed E-state index contributed by atoms with van der Waals surface area (Å²) in [6.07, 6.45) is 3.16. The molecule has 40 heavy (non-hydrogen) atoms. The molecule has 11 nitrogen and oxygen atoms in total. The van der Waals surface area contributed by atoms with Crippen LogP contribution in [0.4, 0.5) is 21.8 Å². The molecular weight excluding hydrogens is 557 g/mol. The first-order valence-corrected chi connectivity index (χ1v) is 15.8. The lowest BCUT2D eigenvalue weighted by Crippen LogP contribution is -2.18. The van der Waals surface area contributed by atoms with Gasteiger partial charge in [0.25, 0.3) is 0 Å². The summed E-state index contributed by atoms with van der Waals surface area (Å²) in [5, 5.41) is 11.2. The van der Waals surface area contributed by atoms with Gasteiger partial charge in [-0.25, -0.2) is 36.3 Å². The molecule has 208 valence electrons. The lowest BCUT2D eigenvalue weighted by molar-refractivity contribution is 0.596. The molecule has 2 fully saturated rings. The first kappa shape index (κ1) is 26.3. The third-order valence-electron chi connectivity index (χ3n) is 6.64. The second kappa shape index (κ2) is 9.94. The van der Waals surface area contributed by atoms with Crippen LogP contribution in [-0.2, 0) is 26.6 Å². The molecule has 2 saturated carbocycles. The summed E-state index contributed by atoms with van der Waals surface area (Å²) in [7, 11) is -7.40. The number of rotatable bonds is 10. The van der Waals surface area contributed by atoms with E-state index >= 15 is 0 Å². The van der Waals surface area contributed by atoms with E-state index in [9.17, 15) is 21.2 Å². The van der Waals surface area contributed by atoms with Crippen LogP contribution in [0.1, 0.15) is 31.2 Å². The second-order valence-corrected chi connectivity index (χ2v) is 13.5. The van der Waals surface area contributed by atoms with Crippen molar-refractivity contribution in [1.82, 2.24) is 15.0 Å². The average molecular weight is 584 g/mol. The zero-order valence-electron chi connectivity index (χ0n) is 21.1. The first-order valence-electron chi connectivity index (χ1n) is 12.7. The fourth-order valence-electron chi connectivity index (χ4n) is 4.13. The Morgan fingerprint density at radius 3 is 2.33 bits per heavy atom. The van der Waals surface area contributed by atoms with E-state index in [0.717, 1.165) is 18.4 Å². The van der Waals surface area contributed by atoms with E-state index in [4.69, 9.17) is 10.1 Å². The molecule has 2 heterocycles. The number of benzene rings is 2. The summed E-state index contributed by atoms with van der Waals surface area (Å²) in [4.78, 5) is 14.0. The Morgan fingerprint density at radius 2 is 1.65 bits per heavy atom. The lowest BCUT2D eigenvalue weighted by Gasteiger charge is -2.13. The Balaban J connectivity index is 1.28. The molecule has 2 aliphatic rings. The monoisotopic (exact) mass is 583 g/mol. The number of hydrogen-bond acceptors (Lipinski definition) is 9. The number of nitrogens with two attached hydrogens (primary N) is 1. The van der Waals surface area contributed by atoms with Crippen molar-refractivity contribution in [2.75, 3.05) is 15.4 Å². The van der Waals surface area contributed by atoms with Crippen molar-refractivity contribution in [3.05, 3.63) is 66.0 Å². The van der Waals surface area contributed by atoms with E-state index in [0.29, 0.717) is 53.4 Å². The number of fused-ring (bicyclic) bond motifs is 1. The van der Waals surface area contributed by atoms with Gasteiger partial charge in [0.2, 0.25) is 26.0 Å². The molecule has 0 amide bonds. The van der Waals surface area contributed by atoms with Gasteiger partial charge in [0.15, 0.2) is 5.82 Å². The number of nitrogens with zero attached hydrogens (tertiary/aromatic N) is 3. The number of primary sulfonamides is 1. The smallest absolute Gasteiger partial charge is 0.238 e. The molecule has 0 aliphatic heterocycles. The molecule has 0 radical (unpaired) electrons. The van der Waals surface area contributed by atoms with Gasteiger partial charge in [-0.15, -0.1) is 0 Å². The Hall–Kier alpha value is -3.88. The highest BCUT2D eigenvalue weighted by Gasteiger charge is 2.36. The minimum atomic E-state index is -3.77. The third kappa shape index (κ3) is 5.83. The van der Waals surface area contributed by atoms with Crippen LogP contribution in [0.15, 0.2) is 59.5 Å². The van der Waals surface area contributed by atoms with Crippen molar-refractivity contribution in [3.8, 4) is 11.3 Å². The normalized spacial score (nSPS) is 15.7. The van der Waals surface area contributed by atoms with Crippen molar-refractivity contribution in [2.45, 2.75) is 48.4 Å². The Morgan fingerprint density at radius 1 is 0.900 bits per heavy atom. The van der Waals surface area contributed by atoms with E-state index in [1.54, 1.807) is 30.3 Å². The molecular formula is C26H26FN7O4S2. The predicted octanol–water partition coefficient (Wildman–Crippen LogP) is 3.57. The van der Waals surface area contributed by atoms with Crippen LogP contribution in [-0.4, -0.2) is 43.1 Å². The Kier molecular flexibility index (Phi) is 6.55. The van der Waals surface area contributed by atoms with E-state index in [1.165, 1.54) is 24.3 Å². The molecule has 0 bridgehead atoms. The molecule has 2 aromatic heterocycles. The highest BCUT2D eigenvalue weighted by molar-refractivity contribution is 7.93. The molecule has 2 aromatic carbocycles. The highest BCUT2D eigenvalue weighted by Crippen LogP contribution is 2.33. The number of pyridine rings is 1. The molecule has 6 rings (SSSR count). The maximum absolute atomic E-state index is 14.5. The van der Waals surface area contributed by atoms with Gasteiger partial charge in [-0.1, -0.05) is 12.1 Å². The summed E-state index contributed by atoms with van der Waals surface area (Å²) in [6, 6.07) is 14.2. The first-order chi connectivity index (χ1) is 19.0. The van der Waals surface area contributed by atoms with Gasteiger partial charge in [-0.2, -0.15) is 4.98 Å². The van der Waals surface area contributed by atoms with Crippen molar-refractivity contribution < 1.29 is 21.2 Å². The Labute approximate surface area is 230 Å². The number of aromatic nitrogens is 3. The van der Waals surface area contributed by atoms with Gasteiger partial charge in [-0.3, -0.25) is 4.72 Å². The number of halogens is 1. The van der Waals surface area contributed by atoms with Gasteiger partial charge < -0.3 is 10.6 Å². The van der Waals surface area contributed by atoms with Gasteiger partial charge in [0.05, 0.1) is 27.0 Å². The fraction of sp³-hybridized carbons (Fsp3) is 0.269. The standard InChI is InChI=1S/C26H26FN7O4S2/c27-20-10-3-16(13-23(20)34-40(37,38)19-8-9-19)21-11-12-22-24(31-21)25(30-17-4-5-17)33-26(32-22)29-14-15-1-6-18(7-2-15)39(28,35)36/h1-3,6-7,10-13,17,19,34H,4-5,8-9,14H2,(H2,28,35,36)(H2,29,30,32,33). The minimum Gasteiger partial charge on any atom is -0.365 e. The zero-order chi connectivity index (χ0) is 28.1. The van der Waals surface area contributed by atoms with Crippen LogP contribution in [0.3, 0.4) is 0 Å². The molecule has 0 atom stereocenters. The molecule has 4 aromatic rings. The van der Waals surface area contributed by atoms with E-state index in [2.05, 4.69) is 25.3 Å². The molecule has 0 unspecified atom stereocenters. The average Bonchev–Trinajstić information content (AvgIpc) is 3.83. The van der Waals surface area contributed by atoms with Crippen molar-refractivity contribution in [1.29, 1.82) is 0 Å². The fourth-order valence-corrected chi connectivity index (χ4v) is 6.03. The predicted molar refractivity (Wildman–Crippen MR) is 150 cm³/mol. The zero-order valence-corrected chi connectivity index (χ0v) is 22.8. The van der Waals surface area contributed by atoms with Crippen LogP contribution < -0.4 is 20.5 Å². The van der Waals surface area contributed by atoms with Crippen LogP contribution in [0, 0.1) is 5.82 Å². The molecule has 0 spiro atoms. The maximum Gasteiger partial charge on any atom is 0.238 e. The van der Waals surface area contributed by atoms with Crippen LogP contribution in [0.25, 0.3) is 22.3 Å². The van der Waals surface area contributed by atoms with Crippen LogP contribution in [0.5, 0.6) is 0 Å². The number of hydrogen-bond donors (Lipinski definition) is 4. The number of anilines is 3. The largest absolute Gasteiger partial charge is 0.365 e. The van der Waals surface area contributed by atoms with Gasteiger partial charge >= 0.3 is 0 Å². The Bertz CT molecular complexity index is 1830. The van der Waals surface area contributed by atoms with E-state index < -0.39 is 31.1 Å². The quantitative estimate of drug-likeness (QED) is 0.218. The maximum atomic E-state index is 14.5. The van der Waals surface area contributed by atoms with E-state index in [1.807, 2.05) is 0 Å². The van der Waals surface area contributed by atoms with Crippen LogP contribution in [0.2, 0.25) is 0 Å². The third-order valence-corrected chi connectivity index (χ3v) is 9.42. The number of nitrogens with one attached hydrogen (secondary N) is 3. The summed E-state index contributed by atoms with van der Waals surface area (Å²) < 4.78 is 64.6. The van der Waals surface area contributed by atoms with Gasteiger partial charge in [-0.05, 0) is 73.7 Å². The minimum absolute atomic E-state index is 0.0320. The molecule has 2 aliphatic carbocycles. The van der Waals surface area contributed by atoms with Gasteiger partial charge in [0, 0.05) is 18.2 Å². The number of sulfonamides is 2. The SMILES string of the molecule is NS(=O)(=O)c1ccc(CNc2nc(NC3CC3)c3nc(-c4ccc(F)c(NS(=O)(=O)C5CC5)c4)ccc3n2)cc1. The topological polar surface area (TPSA) is 169 Å². The molecule has 5 N–H and O–H groups in total. The summed E-state index contributed by atoms with van der Waals surface area (Å²) in [5.41, 5.74) is 2.85. The summed E-state index contributed by atoms with van der Waals surface area (Å²) >= 11 is 0. The van der Waals surface area contributed by atoms with Crippen molar-refractivity contribution in [2.24, 2.45) is 5.14 Å². The molecule has 14 heteroatoms. The summed E-state index contributed by atoms with van der Waals surface area (Å²) in [5.74, 6) is 0.237. The van der Waals surface area contributed by atoms with E-state index in [-0.39, 0.29) is 16.6 Å². The second-order valence-electron chi connectivity index (χ2n) is 9.96. The van der Waals surface area contributed by atoms with Crippen LogP contribution >= 0.6 is 0 Å². The lowest BCUT2D eigenvalue weighted by atomic mass is 10.1. The summed E-state index contributed by atoms with van der Waals surface area (Å²) in [6.45, 7) is 0.347. The van der Waals surface area contributed by atoms with Gasteiger partial charge in [0.1, 0.15) is 11.3 Å². The highest BCUT2D eigenvalue weighted by atomic mass is 32.2. The van der Waals surface area contributed by atoms with Crippen molar-refractivity contribution in [3.63, 3.8) is 0 Å². The molecule has 0 saturated heterocycles. The van der Waals surface area contributed by atoms with Crippen molar-refractivity contribution >= 4 is 48.5 Å².